The third-order valence-electron chi connectivity index (χ3n) is 2.88. The molecule has 0 unspecified atom stereocenters. The molecule has 3 aromatic rings. The number of hydrogen-bond acceptors (Lipinski definition) is 1. The molecule has 0 fully saturated rings. The number of carboxylic acids is 1. The highest BCUT2D eigenvalue weighted by atomic mass is 16.4. The van der Waals surface area contributed by atoms with E-state index in [0.29, 0.717) is 0 Å². The topological polar surface area (TPSA) is 37.3 Å². The summed E-state index contributed by atoms with van der Waals surface area (Å²) < 4.78 is 0. The van der Waals surface area contributed by atoms with Gasteiger partial charge in [-0.1, -0.05) is 78.9 Å². The van der Waals surface area contributed by atoms with E-state index in [1.165, 1.54) is 10.8 Å². The Labute approximate surface area is 124 Å². The van der Waals surface area contributed by atoms with Gasteiger partial charge in [-0.25, -0.2) is 4.79 Å². The molecule has 1 N–H and O–H groups in total. The van der Waals surface area contributed by atoms with Gasteiger partial charge in [0.15, 0.2) is 0 Å². The van der Waals surface area contributed by atoms with Gasteiger partial charge in [-0.3, -0.25) is 0 Å². The van der Waals surface area contributed by atoms with Crippen molar-refractivity contribution in [3.63, 3.8) is 0 Å². The maximum atomic E-state index is 10.1. The van der Waals surface area contributed by atoms with E-state index in [2.05, 4.69) is 48.5 Å². The molecule has 0 bridgehead atoms. The standard InChI is InChI=1S/C10H8.C9H8O2/c1-2-6-10-8-4-3-7-9(10)5-1;10-9(11)7-6-8-4-2-1-3-5-8/h1-8H;1-7H,(H,10,11). The minimum absolute atomic E-state index is 0.898. The van der Waals surface area contributed by atoms with Crippen LogP contribution in [0.15, 0.2) is 84.9 Å². The van der Waals surface area contributed by atoms with Crippen molar-refractivity contribution in [2.75, 3.05) is 0 Å². The fourth-order valence-electron chi connectivity index (χ4n) is 1.86. The number of carbonyl (C=O) groups is 1. The Balaban J connectivity index is 0.000000154. The van der Waals surface area contributed by atoms with Crippen LogP contribution in [0.25, 0.3) is 16.8 Å². The molecule has 0 saturated carbocycles. The van der Waals surface area contributed by atoms with Crippen LogP contribution in [-0.2, 0) is 4.79 Å². The maximum absolute atomic E-state index is 10.1. The van der Waals surface area contributed by atoms with Gasteiger partial charge in [0.25, 0.3) is 0 Å². The van der Waals surface area contributed by atoms with E-state index in [4.69, 9.17) is 5.11 Å². The SMILES string of the molecule is O=C(O)C=Cc1ccccc1.c1ccc2ccccc2c1. The van der Waals surface area contributed by atoms with Gasteiger partial charge in [-0.2, -0.15) is 0 Å². The van der Waals surface area contributed by atoms with Crippen LogP contribution >= 0.6 is 0 Å². The summed E-state index contributed by atoms with van der Waals surface area (Å²) in [5.41, 5.74) is 0.898. The first-order valence-corrected chi connectivity index (χ1v) is 6.65. The number of carboxylic acid groups (broad SMARTS) is 1. The Hall–Kier alpha value is -2.87. The molecular formula is C19H16O2. The molecule has 2 heteroatoms. The molecule has 3 aromatic carbocycles. The average molecular weight is 276 g/mol. The molecule has 0 aliphatic carbocycles. The minimum Gasteiger partial charge on any atom is -0.478 e. The van der Waals surface area contributed by atoms with Crippen LogP contribution in [0.4, 0.5) is 0 Å². The van der Waals surface area contributed by atoms with Crippen molar-refractivity contribution in [2.45, 2.75) is 0 Å². The molecule has 0 aliphatic rings. The molecule has 104 valence electrons. The van der Waals surface area contributed by atoms with E-state index in [9.17, 15) is 4.79 Å². The lowest BCUT2D eigenvalue weighted by Crippen LogP contribution is -1.85. The second kappa shape index (κ2) is 7.65. The molecule has 0 aromatic heterocycles. The van der Waals surface area contributed by atoms with E-state index >= 15 is 0 Å². The van der Waals surface area contributed by atoms with E-state index in [1.54, 1.807) is 6.08 Å². The molecule has 0 atom stereocenters. The van der Waals surface area contributed by atoms with Crippen molar-refractivity contribution in [1.82, 2.24) is 0 Å². The fourth-order valence-corrected chi connectivity index (χ4v) is 1.86. The van der Waals surface area contributed by atoms with Crippen LogP contribution in [-0.4, -0.2) is 11.1 Å². The highest BCUT2D eigenvalue weighted by molar-refractivity contribution is 5.85. The fraction of sp³-hybridized carbons (Fsp3) is 0. The summed E-state index contributed by atoms with van der Waals surface area (Å²) in [5, 5.41) is 10.9. The molecule has 2 nitrogen and oxygen atoms in total. The lowest BCUT2D eigenvalue weighted by Gasteiger charge is -1.92. The van der Waals surface area contributed by atoms with Crippen molar-refractivity contribution in [2.24, 2.45) is 0 Å². The van der Waals surface area contributed by atoms with Crippen molar-refractivity contribution in [1.29, 1.82) is 0 Å². The quantitative estimate of drug-likeness (QED) is 0.693. The first kappa shape index (κ1) is 14.5. The number of rotatable bonds is 2. The molecule has 0 amide bonds. The molecule has 3 rings (SSSR count). The second-order valence-corrected chi connectivity index (χ2v) is 4.43. The predicted octanol–water partition coefficient (Wildman–Crippen LogP) is 4.62. The molecule has 0 aliphatic heterocycles. The minimum atomic E-state index is -0.922. The van der Waals surface area contributed by atoms with Gasteiger partial charge in [0.1, 0.15) is 0 Å². The third kappa shape index (κ3) is 4.96. The normalized spacial score (nSPS) is 10.1. The van der Waals surface area contributed by atoms with Gasteiger partial charge in [0.05, 0.1) is 0 Å². The molecular weight excluding hydrogens is 260 g/mol. The first-order valence-electron chi connectivity index (χ1n) is 6.65. The van der Waals surface area contributed by atoms with Crippen LogP contribution in [0.3, 0.4) is 0 Å². The van der Waals surface area contributed by atoms with Crippen LogP contribution < -0.4 is 0 Å². The number of hydrogen-bond donors (Lipinski definition) is 1. The number of fused-ring (bicyclic) bond motifs is 1. The van der Waals surface area contributed by atoms with Gasteiger partial charge in [-0.05, 0) is 22.4 Å². The molecule has 0 saturated heterocycles. The summed E-state index contributed by atoms with van der Waals surface area (Å²) in [6.07, 6.45) is 2.68. The summed E-state index contributed by atoms with van der Waals surface area (Å²) >= 11 is 0. The summed E-state index contributed by atoms with van der Waals surface area (Å²) in [6, 6.07) is 26.0. The van der Waals surface area contributed by atoms with Crippen molar-refractivity contribution < 1.29 is 9.90 Å². The zero-order valence-electron chi connectivity index (χ0n) is 11.5. The Kier molecular flexibility index (Phi) is 5.30. The Bertz CT molecular complexity index is 665. The van der Waals surface area contributed by atoms with Gasteiger partial charge in [-0.15, -0.1) is 0 Å². The van der Waals surface area contributed by atoms with Crippen LogP contribution in [0.1, 0.15) is 5.56 Å². The Morgan fingerprint density at radius 3 is 1.57 bits per heavy atom. The summed E-state index contributed by atoms with van der Waals surface area (Å²) in [5.74, 6) is -0.922. The zero-order chi connectivity index (χ0) is 14.9. The largest absolute Gasteiger partial charge is 0.478 e. The number of benzene rings is 3. The van der Waals surface area contributed by atoms with E-state index in [0.717, 1.165) is 11.6 Å². The zero-order valence-corrected chi connectivity index (χ0v) is 11.5. The number of aliphatic carboxylic acids is 1. The van der Waals surface area contributed by atoms with Crippen LogP contribution in [0.2, 0.25) is 0 Å². The lowest BCUT2D eigenvalue weighted by molar-refractivity contribution is -0.131. The monoisotopic (exact) mass is 276 g/mol. The lowest BCUT2D eigenvalue weighted by atomic mass is 10.1. The van der Waals surface area contributed by atoms with Crippen LogP contribution in [0.5, 0.6) is 0 Å². The van der Waals surface area contributed by atoms with E-state index in [1.807, 2.05) is 30.3 Å². The Morgan fingerprint density at radius 1 is 0.714 bits per heavy atom. The van der Waals surface area contributed by atoms with E-state index < -0.39 is 5.97 Å². The van der Waals surface area contributed by atoms with Crippen molar-refractivity contribution in [3.8, 4) is 0 Å². The summed E-state index contributed by atoms with van der Waals surface area (Å²) in [4.78, 5) is 10.1. The van der Waals surface area contributed by atoms with Gasteiger partial charge in [0.2, 0.25) is 0 Å². The average Bonchev–Trinajstić information content (AvgIpc) is 2.55. The molecule has 0 radical (unpaired) electrons. The summed E-state index contributed by atoms with van der Waals surface area (Å²) in [7, 11) is 0. The van der Waals surface area contributed by atoms with Gasteiger partial charge >= 0.3 is 5.97 Å². The molecule has 0 spiro atoms. The first-order chi connectivity index (χ1) is 10.3. The van der Waals surface area contributed by atoms with Crippen molar-refractivity contribution >= 4 is 22.8 Å². The maximum Gasteiger partial charge on any atom is 0.328 e. The highest BCUT2D eigenvalue weighted by Crippen LogP contribution is 2.11. The molecule has 21 heavy (non-hydrogen) atoms. The summed E-state index contributed by atoms with van der Waals surface area (Å²) in [6.45, 7) is 0. The second-order valence-electron chi connectivity index (χ2n) is 4.43. The van der Waals surface area contributed by atoms with E-state index in [-0.39, 0.29) is 0 Å². The van der Waals surface area contributed by atoms with Gasteiger partial charge < -0.3 is 5.11 Å². The smallest absolute Gasteiger partial charge is 0.328 e. The highest BCUT2D eigenvalue weighted by Gasteiger charge is 1.86. The Morgan fingerprint density at radius 2 is 1.14 bits per heavy atom. The van der Waals surface area contributed by atoms with Crippen LogP contribution in [0, 0.1) is 0 Å². The predicted molar refractivity (Wildman–Crippen MR) is 87.1 cm³/mol. The van der Waals surface area contributed by atoms with Crippen molar-refractivity contribution in [3.05, 3.63) is 90.5 Å². The van der Waals surface area contributed by atoms with Gasteiger partial charge in [0, 0.05) is 6.08 Å². The third-order valence-corrected chi connectivity index (χ3v) is 2.88. The molecule has 0 heterocycles.